The topological polar surface area (TPSA) is 55.8 Å². The Morgan fingerprint density at radius 1 is 1.14 bits per heavy atom. The lowest BCUT2D eigenvalue weighted by Gasteiger charge is -2.07. The number of hydrogen-bond acceptors (Lipinski definition) is 3. The molecule has 0 amide bonds. The number of aliphatic carboxylic acids is 1. The van der Waals surface area contributed by atoms with Gasteiger partial charge >= 0.3 is 5.97 Å². The largest absolute Gasteiger partial charge is 0.478 e. The second kappa shape index (κ2) is 7.26. The van der Waals surface area contributed by atoms with Crippen molar-refractivity contribution in [3.63, 3.8) is 0 Å². The van der Waals surface area contributed by atoms with Crippen molar-refractivity contribution in [1.82, 2.24) is 0 Å². The van der Waals surface area contributed by atoms with Gasteiger partial charge in [-0.2, -0.15) is 0 Å². The van der Waals surface area contributed by atoms with Crippen LogP contribution in [0.2, 0.25) is 0 Å². The van der Waals surface area contributed by atoms with Crippen LogP contribution in [0.25, 0.3) is 6.08 Å². The molecule has 1 N–H and O–H groups in total. The zero-order valence-electron chi connectivity index (χ0n) is 11.7. The summed E-state index contributed by atoms with van der Waals surface area (Å²) in [5.41, 5.74) is 1.84. The summed E-state index contributed by atoms with van der Waals surface area (Å²) in [6.45, 7) is 0.538. The van der Waals surface area contributed by atoms with Crippen molar-refractivity contribution in [2.24, 2.45) is 0 Å². The number of carbonyl (C=O) groups is 1. The monoisotopic (exact) mass is 284 g/mol. The van der Waals surface area contributed by atoms with Crippen LogP contribution in [0.1, 0.15) is 11.1 Å². The van der Waals surface area contributed by atoms with Gasteiger partial charge in [-0.3, -0.25) is 0 Å². The van der Waals surface area contributed by atoms with Crippen molar-refractivity contribution in [2.75, 3.05) is 7.11 Å². The molecule has 0 saturated heterocycles. The van der Waals surface area contributed by atoms with Crippen molar-refractivity contribution >= 4 is 12.0 Å². The van der Waals surface area contributed by atoms with E-state index in [2.05, 4.69) is 0 Å². The number of benzene rings is 2. The van der Waals surface area contributed by atoms with Gasteiger partial charge in [0.05, 0.1) is 6.61 Å². The van der Waals surface area contributed by atoms with Crippen LogP contribution in [0.4, 0.5) is 0 Å². The molecule has 0 bridgehead atoms. The van der Waals surface area contributed by atoms with Crippen molar-refractivity contribution in [3.8, 4) is 11.5 Å². The number of hydrogen-bond donors (Lipinski definition) is 1. The first-order valence-corrected chi connectivity index (χ1v) is 6.44. The normalized spacial score (nSPS) is 10.7. The van der Waals surface area contributed by atoms with Gasteiger partial charge in [-0.05, 0) is 41.5 Å². The minimum absolute atomic E-state index is 0.538. The summed E-state index contributed by atoms with van der Waals surface area (Å²) in [5, 5.41) is 8.57. The van der Waals surface area contributed by atoms with Crippen molar-refractivity contribution in [2.45, 2.75) is 6.61 Å². The van der Waals surface area contributed by atoms with Gasteiger partial charge in [0.25, 0.3) is 0 Å². The van der Waals surface area contributed by atoms with Gasteiger partial charge in [0, 0.05) is 13.2 Å². The molecule has 0 saturated carbocycles. The summed E-state index contributed by atoms with van der Waals surface area (Å²) < 4.78 is 10.8. The first-order valence-electron chi connectivity index (χ1n) is 6.44. The molecule has 108 valence electrons. The second-order valence-electron chi connectivity index (χ2n) is 4.42. The molecule has 0 unspecified atom stereocenters. The third-order valence-corrected chi connectivity index (χ3v) is 2.74. The highest BCUT2D eigenvalue weighted by molar-refractivity contribution is 5.85. The van der Waals surface area contributed by atoms with E-state index in [-0.39, 0.29) is 0 Å². The smallest absolute Gasteiger partial charge is 0.328 e. The van der Waals surface area contributed by atoms with E-state index in [0.29, 0.717) is 12.4 Å². The first-order chi connectivity index (χ1) is 10.2. The molecule has 0 radical (unpaired) electrons. The molecule has 0 aliphatic heterocycles. The number of methoxy groups -OCH3 is 1. The van der Waals surface area contributed by atoms with E-state index in [0.717, 1.165) is 23.0 Å². The van der Waals surface area contributed by atoms with Crippen LogP contribution in [0.5, 0.6) is 11.5 Å². The summed E-state index contributed by atoms with van der Waals surface area (Å²) >= 11 is 0. The maximum atomic E-state index is 10.4. The Morgan fingerprint density at radius 2 is 1.90 bits per heavy atom. The van der Waals surface area contributed by atoms with Crippen LogP contribution >= 0.6 is 0 Å². The Bertz CT molecular complexity index is 629. The molecule has 4 heteroatoms. The molecule has 21 heavy (non-hydrogen) atoms. The highest BCUT2D eigenvalue weighted by Gasteiger charge is 1.99. The van der Waals surface area contributed by atoms with Crippen LogP contribution < -0.4 is 4.74 Å². The summed E-state index contributed by atoms with van der Waals surface area (Å²) in [6, 6.07) is 14.9. The Hall–Kier alpha value is -2.59. The predicted octanol–water partition coefficient (Wildman–Crippen LogP) is 3.72. The molecule has 2 rings (SSSR count). The van der Waals surface area contributed by atoms with Crippen LogP contribution in [-0.4, -0.2) is 18.2 Å². The minimum Gasteiger partial charge on any atom is -0.478 e. The maximum absolute atomic E-state index is 10.4. The van der Waals surface area contributed by atoms with Gasteiger partial charge in [0.2, 0.25) is 0 Å². The predicted molar refractivity (Wildman–Crippen MR) is 80.3 cm³/mol. The fourth-order valence-corrected chi connectivity index (χ4v) is 1.82. The first kappa shape index (κ1) is 14.8. The molecule has 0 aliphatic rings. The quantitative estimate of drug-likeness (QED) is 0.821. The lowest BCUT2D eigenvalue weighted by Crippen LogP contribution is -1.89. The zero-order chi connectivity index (χ0) is 15.1. The molecule has 0 atom stereocenters. The van der Waals surface area contributed by atoms with Crippen LogP contribution in [0, 0.1) is 0 Å². The molecule has 0 fully saturated rings. The number of rotatable bonds is 6. The third kappa shape index (κ3) is 4.78. The van der Waals surface area contributed by atoms with Crippen LogP contribution in [0.3, 0.4) is 0 Å². The van der Waals surface area contributed by atoms with Gasteiger partial charge < -0.3 is 14.6 Å². The summed E-state index contributed by atoms with van der Waals surface area (Å²) in [6.07, 6.45) is 2.63. The van der Waals surface area contributed by atoms with E-state index in [9.17, 15) is 4.79 Å². The fourth-order valence-electron chi connectivity index (χ4n) is 1.82. The summed E-state index contributed by atoms with van der Waals surface area (Å²) in [7, 11) is 1.65. The number of carboxylic acids is 1. The molecule has 0 heterocycles. The molecule has 2 aromatic carbocycles. The average molecular weight is 284 g/mol. The van der Waals surface area contributed by atoms with Crippen LogP contribution in [0.15, 0.2) is 54.6 Å². The van der Waals surface area contributed by atoms with Gasteiger partial charge in [0.1, 0.15) is 11.5 Å². The van der Waals surface area contributed by atoms with Gasteiger partial charge in [-0.1, -0.05) is 24.3 Å². The standard InChI is InChI=1S/C17H16O4/c1-20-12-14-3-2-4-16(11-14)21-15-8-5-13(6-9-15)7-10-17(18)19/h2-11H,12H2,1H3,(H,18,19). The molecule has 0 aliphatic carbocycles. The Labute approximate surface area is 123 Å². The average Bonchev–Trinajstić information content (AvgIpc) is 2.47. The summed E-state index contributed by atoms with van der Waals surface area (Å²) in [4.78, 5) is 10.4. The number of carboxylic acid groups (broad SMARTS) is 1. The van der Waals surface area contributed by atoms with Crippen molar-refractivity contribution in [3.05, 3.63) is 65.7 Å². The van der Waals surface area contributed by atoms with E-state index >= 15 is 0 Å². The Balaban J connectivity index is 2.06. The Morgan fingerprint density at radius 3 is 2.57 bits per heavy atom. The van der Waals surface area contributed by atoms with E-state index in [4.69, 9.17) is 14.6 Å². The maximum Gasteiger partial charge on any atom is 0.328 e. The van der Waals surface area contributed by atoms with Gasteiger partial charge in [-0.15, -0.1) is 0 Å². The van der Waals surface area contributed by atoms with Crippen LogP contribution in [-0.2, 0) is 16.1 Å². The van der Waals surface area contributed by atoms with E-state index < -0.39 is 5.97 Å². The number of ether oxygens (including phenoxy) is 2. The van der Waals surface area contributed by atoms with Crippen molar-refractivity contribution < 1.29 is 19.4 Å². The highest BCUT2D eigenvalue weighted by Crippen LogP contribution is 2.23. The van der Waals surface area contributed by atoms with Gasteiger partial charge in [0.15, 0.2) is 0 Å². The van der Waals surface area contributed by atoms with Gasteiger partial charge in [-0.25, -0.2) is 4.79 Å². The summed E-state index contributed by atoms with van der Waals surface area (Å²) in [5.74, 6) is 0.459. The highest BCUT2D eigenvalue weighted by atomic mass is 16.5. The van der Waals surface area contributed by atoms with E-state index in [1.54, 1.807) is 31.4 Å². The minimum atomic E-state index is -0.967. The fraction of sp³-hybridized carbons (Fsp3) is 0.118. The Kier molecular flexibility index (Phi) is 5.12. The lowest BCUT2D eigenvalue weighted by atomic mass is 10.2. The molecule has 0 spiro atoms. The lowest BCUT2D eigenvalue weighted by molar-refractivity contribution is -0.131. The molecular formula is C17H16O4. The zero-order valence-corrected chi connectivity index (χ0v) is 11.7. The van der Waals surface area contributed by atoms with E-state index in [1.165, 1.54) is 6.08 Å². The molecule has 0 aromatic heterocycles. The third-order valence-electron chi connectivity index (χ3n) is 2.74. The SMILES string of the molecule is COCc1cccc(Oc2ccc(C=CC(=O)O)cc2)c1. The van der Waals surface area contributed by atoms with Crippen molar-refractivity contribution in [1.29, 1.82) is 0 Å². The molecular weight excluding hydrogens is 268 g/mol. The second-order valence-corrected chi connectivity index (χ2v) is 4.42. The van der Waals surface area contributed by atoms with E-state index in [1.807, 2.05) is 24.3 Å². The molecule has 2 aromatic rings. The molecule has 4 nitrogen and oxygen atoms in total.